The highest BCUT2D eigenvalue weighted by Crippen LogP contribution is 2.20. The third-order valence-electron chi connectivity index (χ3n) is 5.06. The lowest BCUT2D eigenvalue weighted by Gasteiger charge is -2.34. The molecule has 0 aromatic heterocycles. The Balaban J connectivity index is 1.57. The summed E-state index contributed by atoms with van der Waals surface area (Å²) in [5.41, 5.74) is 3.07. The van der Waals surface area contributed by atoms with Gasteiger partial charge in [-0.3, -0.25) is 4.79 Å². The van der Waals surface area contributed by atoms with Crippen molar-refractivity contribution in [1.82, 2.24) is 9.21 Å². The number of carbonyl (C=O) groups is 1. The number of sulfonamides is 1. The van der Waals surface area contributed by atoms with Crippen LogP contribution in [-0.2, 0) is 14.8 Å². The summed E-state index contributed by atoms with van der Waals surface area (Å²) in [5, 5.41) is 0. The fourth-order valence-corrected chi connectivity index (χ4v) is 4.65. The number of hydrogen-bond acceptors (Lipinski definition) is 4. The van der Waals surface area contributed by atoms with Gasteiger partial charge in [0.05, 0.1) is 4.90 Å². The van der Waals surface area contributed by atoms with Crippen LogP contribution < -0.4 is 4.74 Å². The lowest BCUT2D eigenvalue weighted by Crippen LogP contribution is -2.51. The van der Waals surface area contributed by atoms with Gasteiger partial charge in [0.15, 0.2) is 6.61 Å². The molecule has 1 saturated heterocycles. The average molecular weight is 403 g/mol. The zero-order valence-corrected chi connectivity index (χ0v) is 17.3. The zero-order valence-electron chi connectivity index (χ0n) is 16.5. The average Bonchev–Trinajstić information content (AvgIpc) is 2.68. The Labute approximate surface area is 166 Å². The minimum atomic E-state index is -3.55. The van der Waals surface area contributed by atoms with Crippen LogP contribution in [0.3, 0.4) is 0 Å². The first-order chi connectivity index (χ1) is 13.3. The Hall–Kier alpha value is -2.38. The van der Waals surface area contributed by atoms with Gasteiger partial charge >= 0.3 is 0 Å². The fraction of sp³-hybridized carbons (Fsp3) is 0.381. The Kier molecular flexibility index (Phi) is 6.05. The van der Waals surface area contributed by atoms with Gasteiger partial charge in [0, 0.05) is 26.2 Å². The van der Waals surface area contributed by atoms with E-state index in [1.54, 1.807) is 17.0 Å². The predicted octanol–water partition coefficient (Wildman–Crippen LogP) is 2.52. The highest BCUT2D eigenvalue weighted by molar-refractivity contribution is 7.89. The van der Waals surface area contributed by atoms with Crippen LogP contribution >= 0.6 is 0 Å². The zero-order chi connectivity index (χ0) is 20.3. The molecule has 1 fully saturated rings. The summed E-state index contributed by atoms with van der Waals surface area (Å²) in [7, 11) is -3.55. The molecule has 0 radical (unpaired) electrons. The van der Waals surface area contributed by atoms with Crippen LogP contribution in [-0.4, -0.2) is 56.3 Å². The summed E-state index contributed by atoms with van der Waals surface area (Å²) in [4.78, 5) is 14.4. The number of amides is 1. The van der Waals surface area contributed by atoms with E-state index >= 15 is 0 Å². The summed E-state index contributed by atoms with van der Waals surface area (Å²) in [6.07, 6.45) is 0. The van der Waals surface area contributed by atoms with E-state index in [1.165, 1.54) is 4.31 Å². The molecule has 0 spiro atoms. The maximum absolute atomic E-state index is 12.9. The summed E-state index contributed by atoms with van der Waals surface area (Å²) < 4.78 is 32.7. The molecule has 1 heterocycles. The maximum atomic E-state index is 12.9. The van der Waals surface area contributed by atoms with E-state index in [4.69, 9.17) is 4.74 Å². The van der Waals surface area contributed by atoms with Crippen LogP contribution in [0, 0.1) is 20.8 Å². The molecule has 0 saturated carbocycles. The third-order valence-corrected chi connectivity index (χ3v) is 6.95. The molecule has 2 aromatic rings. The molecule has 2 aromatic carbocycles. The summed E-state index contributed by atoms with van der Waals surface area (Å²) in [6, 6.07) is 12.7. The van der Waals surface area contributed by atoms with Gasteiger partial charge in [0.2, 0.25) is 10.0 Å². The SMILES string of the molecule is Cc1cccc(OCC(=O)N2CCN(S(=O)(=O)c3ccc(C)c(C)c3)CC2)c1. The van der Waals surface area contributed by atoms with Gasteiger partial charge < -0.3 is 9.64 Å². The van der Waals surface area contributed by atoms with Gasteiger partial charge in [-0.05, 0) is 61.7 Å². The molecule has 1 amide bonds. The van der Waals surface area contributed by atoms with Crippen molar-refractivity contribution in [2.45, 2.75) is 25.7 Å². The Morgan fingerprint density at radius 2 is 1.68 bits per heavy atom. The molecule has 0 unspecified atom stereocenters. The molecular weight excluding hydrogens is 376 g/mol. The second-order valence-electron chi connectivity index (χ2n) is 7.14. The first-order valence-electron chi connectivity index (χ1n) is 9.32. The second-order valence-corrected chi connectivity index (χ2v) is 9.07. The largest absolute Gasteiger partial charge is 0.484 e. The van der Waals surface area contributed by atoms with Crippen LogP contribution in [0.4, 0.5) is 0 Å². The number of nitrogens with zero attached hydrogens (tertiary/aromatic N) is 2. The van der Waals surface area contributed by atoms with Crippen LogP contribution in [0.15, 0.2) is 47.4 Å². The smallest absolute Gasteiger partial charge is 0.260 e. The molecule has 1 aliphatic rings. The molecule has 0 aliphatic carbocycles. The van der Waals surface area contributed by atoms with Crippen molar-refractivity contribution in [2.24, 2.45) is 0 Å². The van der Waals surface area contributed by atoms with Crippen LogP contribution in [0.2, 0.25) is 0 Å². The van der Waals surface area contributed by atoms with Gasteiger partial charge in [-0.15, -0.1) is 0 Å². The maximum Gasteiger partial charge on any atom is 0.260 e. The van der Waals surface area contributed by atoms with E-state index in [0.29, 0.717) is 23.7 Å². The Bertz CT molecular complexity index is 964. The molecule has 6 nitrogen and oxygen atoms in total. The highest BCUT2D eigenvalue weighted by atomic mass is 32.2. The number of ether oxygens (including phenoxy) is 1. The highest BCUT2D eigenvalue weighted by Gasteiger charge is 2.30. The van der Waals surface area contributed by atoms with Crippen molar-refractivity contribution in [3.05, 3.63) is 59.2 Å². The number of hydrogen-bond donors (Lipinski definition) is 0. The minimum Gasteiger partial charge on any atom is -0.484 e. The monoisotopic (exact) mass is 402 g/mol. The van der Waals surface area contributed by atoms with E-state index < -0.39 is 10.0 Å². The van der Waals surface area contributed by atoms with Gasteiger partial charge in [0.1, 0.15) is 5.75 Å². The number of carbonyl (C=O) groups excluding carboxylic acids is 1. The topological polar surface area (TPSA) is 66.9 Å². The molecule has 0 atom stereocenters. The van der Waals surface area contributed by atoms with Gasteiger partial charge in [-0.2, -0.15) is 4.31 Å². The molecule has 0 bridgehead atoms. The molecule has 28 heavy (non-hydrogen) atoms. The third kappa shape index (κ3) is 4.54. The summed E-state index contributed by atoms with van der Waals surface area (Å²) in [6.45, 7) is 7.06. The molecule has 1 aliphatic heterocycles. The van der Waals surface area contributed by atoms with Gasteiger partial charge in [-0.1, -0.05) is 18.2 Å². The standard InChI is InChI=1S/C21H26N2O4S/c1-16-5-4-6-19(13-16)27-15-21(24)22-9-11-23(12-10-22)28(25,26)20-8-7-17(2)18(3)14-20/h4-8,13-14H,9-12,15H2,1-3H3. The Morgan fingerprint density at radius 3 is 2.32 bits per heavy atom. The van der Waals surface area contributed by atoms with Crippen LogP contribution in [0.5, 0.6) is 5.75 Å². The number of benzene rings is 2. The van der Waals surface area contributed by atoms with Crippen molar-refractivity contribution in [2.75, 3.05) is 32.8 Å². The van der Waals surface area contributed by atoms with E-state index in [-0.39, 0.29) is 25.6 Å². The summed E-state index contributed by atoms with van der Waals surface area (Å²) in [5.74, 6) is 0.522. The second kappa shape index (κ2) is 8.32. The van der Waals surface area contributed by atoms with Crippen molar-refractivity contribution in [3.63, 3.8) is 0 Å². The van der Waals surface area contributed by atoms with E-state index in [2.05, 4.69) is 0 Å². The predicted molar refractivity (Wildman–Crippen MR) is 108 cm³/mol. The van der Waals surface area contributed by atoms with E-state index in [1.807, 2.05) is 51.1 Å². The lowest BCUT2D eigenvalue weighted by atomic mass is 10.1. The van der Waals surface area contributed by atoms with Crippen molar-refractivity contribution in [3.8, 4) is 5.75 Å². The summed E-state index contributed by atoms with van der Waals surface area (Å²) >= 11 is 0. The number of rotatable bonds is 5. The molecular formula is C21H26N2O4S. The van der Waals surface area contributed by atoms with Crippen LogP contribution in [0.1, 0.15) is 16.7 Å². The fourth-order valence-electron chi connectivity index (χ4n) is 3.14. The van der Waals surface area contributed by atoms with E-state index in [0.717, 1.165) is 16.7 Å². The first kappa shape index (κ1) is 20.4. The Morgan fingerprint density at radius 1 is 0.964 bits per heavy atom. The first-order valence-corrected chi connectivity index (χ1v) is 10.8. The number of piperazine rings is 1. The quantitative estimate of drug-likeness (QED) is 0.771. The van der Waals surface area contributed by atoms with Crippen molar-refractivity contribution >= 4 is 15.9 Å². The molecule has 0 N–H and O–H groups in total. The van der Waals surface area contributed by atoms with E-state index in [9.17, 15) is 13.2 Å². The minimum absolute atomic E-state index is 0.0483. The normalized spacial score (nSPS) is 15.5. The van der Waals surface area contributed by atoms with Crippen LogP contribution in [0.25, 0.3) is 0 Å². The lowest BCUT2D eigenvalue weighted by molar-refractivity contribution is -0.134. The van der Waals surface area contributed by atoms with Crippen molar-refractivity contribution < 1.29 is 17.9 Å². The molecule has 7 heteroatoms. The van der Waals surface area contributed by atoms with Gasteiger partial charge in [0.25, 0.3) is 5.91 Å². The van der Waals surface area contributed by atoms with Crippen molar-refractivity contribution in [1.29, 1.82) is 0 Å². The van der Waals surface area contributed by atoms with Gasteiger partial charge in [-0.25, -0.2) is 8.42 Å². The molecule has 150 valence electrons. The number of aryl methyl sites for hydroxylation is 3. The molecule has 3 rings (SSSR count).